The van der Waals surface area contributed by atoms with Gasteiger partial charge in [-0.25, -0.2) is 0 Å². The molecule has 4 N–H and O–H groups in total. The number of unbranched alkanes of at least 4 members (excludes halogenated alkanes) is 6. The van der Waals surface area contributed by atoms with Crippen molar-refractivity contribution in [2.45, 2.75) is 76.1 Å². The van der Waals surface area contributed by atoms with Gasteiger partial charge in [-0.1, -0.05) is 79.8 Å². The summed E-state index contributed by atoms with van der Waals surface area (Å²) in [4.78, 5) is 31.4. The summed E-state index contributed by atoms with van der Waals surface area (Å²) in [6.07, 6.45) is 9.63. The van der Waals surface area contributed by atoms with Crippen molar-refractivity contribution in [3.8, 4) is 5.75 Å². The summed E-state index contributed by atoms with van der Waals surface area (Å²) in [6.45, 7) is 6.92. The number of aromatic amines is 1. The van der Waals surface area contributed by atoms with E-state index in [2.05, 4.69) is 15.2 Å². The second kappa shape index (κ2) is 17.4. The molecule has 5 rings (SSSR count). The Bertz CT molecular complexity index is 1420. The molecule has 2 aliphatic heterocycles. The highest BCUT2D eigenvalue weighted by Gasteiger charge is 2.40. The average molecular weight is 655 g/mol. The molecule has 252 valence electrons. The van der Waals surface area contributed by atoms with Crippen LogP contribution in [0.25, 0.3) is 10.2 Å². The molecule has 1 amide bonds. The Labute approximate surface area is 275 Å². The van der Waals surface area contributed by atoms with Crippen LogP contribution in [0.1, 0.15) is 75.0 Å². The van der Waals surface area contributed by atoms with Crippen LogP contribution >= 0.6 is 11.3 Å². The first kappa shape index (κ1) is 34.5. The molecule has 1 aromatic heterocycles. The van der Waals surface area contributed by atoms with Crippen LogP contribution in [0.15, 0.2) is 47.3 Å². The van der Waals surface area contributed by atoms with Crippen molar-refractivity contribution in [3.05, 3.63) is 63.3 Å². The number of nitrogens with zero attached hydrogens (tertiary/aromatic N) is 2. The molecule has 0 aliphatic carbocycles. The Morgan fingerprint density at radius 3 is 2.54 bits per heavy atom. The number of phenols is 1. The number of aliphatic hydroxyl groups is 1. The molecular formula is C35H50N4O6S. The van der Waals surface area contributed by atoms with Gasteiger partial charge in [0, 0.05) is 38.3 Å². The van der Waals surface area contributed by atoms with Crippen molar-refractivity contribution < 1.29 is 24.5 Å². The number of nitrogens with one attached hydrogen (secondary N) is 2. The first-order valence-electron chi connectivity index (χ1n) is 16.9. The molecule has 0 radical (unpaired) electrons. The molecule has 0 saturated carbocycles. The number of piperidine rings is 1. The van der Waals surface area contributed by atoms with Gasteiger partial charge in [-0.15, -0.1) is 0 Å². The van der Waals surface area contributed by atoms with Crippen LogP contribution < -0.4 is 10.2 Å². The molecule has 2 aromatic carbocycles. The van der Waals surface area contributed by atoms with E-state index >= 15 is 0 Å². The zero-order valence-electron chi connectivity index (χ0n) is 26.9. The van der Waals surface area contributed by atoms with Crippen molar-refractivity contribution in [1.29, 1.82) is 0 Å². The normalized spacial score (nSPS) is 17.5. The fourth-order valence-corrected chi connectivity index (χ4v) is 7.50. The maximum Gasteiger partial charge on any atom is 0.305 e. The molecule has 1 atom stereocenters. The van der Waals surface area contributed by atoms with Gasteiger partial charge in [-0.05, 0) is 50.4 Å². The van der Waals surface area contributed by atoms with Crippen LogP contribution in [0.3, 0.4) is 0 Å². The van der Waals surface area contributed by atoms with E-state index in [-0.39, 0.29) is 28.7 Å². The second-order valence-corrected chi connectivity index (χ2v) is 13.7. The number of thiazole rings is 1. The fourth-order valence-electron chi connectivity index (χ4n) is 6.59. The lowest BCUT2D eigenvalue weighted by molar-refractivity contribution is -0.163. The average Bonchev–Trinajstić information content (AvgIpc) is 3.47. The number of amides is 1. The van der Waals surface area contributed by atoms with Gasteiger partial charge >= 0.3 is 4.87 Å². The SMILES string of the molecule is O=C(COCc1ccccc1)N1CCOC2(CCN(CCCCCCCCCNC[C@H](O)c3ccc(O)c4[nH]c(=O)sc34)CC2)C1. The summed E-state index contributed by atoms with van der Waals surface area (Å²) in [7, 11) is 0. The lowest BCUT2D eigenvalue weighted by Crippen LogP contribution is -2.58. The van der Waals surface area contributed by atoms with Crippen LogP contribution in [0.2, 0.25) is 0 Å². The molecule has 10 nitrogen and oxygen atoms in total. The van der Waals surface area contributed by atoms with Gasteiger partial charge in [0.2, 0.25) is 5.91 Å². The summed E-state index contributed by atoms with van der Waals surface area (Å²) in [5.74, 6) is 0.0803. The van der Waals surface area contributed by atoms with E-state index in [1.807, 2.05) is 35.2 Å². The molecule has 2 fully saturated rings. The predicted octanol–water partition coefficient (Wildman–Crippen LogP) is 4.56. The van der Waals surface area contributed by atoms with E-state index in [4.69, 9.17) is 9.47 Å². The zero-order chi connectivity index (χ0) is 32.2. The fraction of sp³-hybridized carbons (Fsp3) is 0.600. The van der Waals surface area contributed by atoms with Crippen molar-refractivity contribution in [1.82, 2.24) is 20.1 Å². The number of morpholine rings is 1. The third-order valence-electron chi connectivity index (χ3n) is 9.32. The highest BCUT2D eigenvalue weighted by molar-refractivity contribution is 7.16. The van der Waals surface area contributed by atoms with E-state index in [9.17, 15) is 19.8 Å². The Kier molecular flexibility index (Phi) is 13.0. The number of H-pyrrole nitrogens is 1. The topological polar surface area (TPSA) is 127 Å². The summed E-state index contributed by atoms with van der Waals surface area (Å²) in [5, 5.41) is 23.9. The lowest BCUT2D eigenvalue weighted by atomic mass is 9.89. The standard InChI is InChI=1S/C35H50N4O6S/c40-29-14-13-28(33-32(29)37-34(43)46-33)30(41)23-36-17-9-4-2-1-3-5-10-18-38-19-15-35(16-20-38)26-39(21-22-45-35)31(42)25-44-24-27-11-7-6-8-12-27/h6-8,11-14,30,36,40-41H,1-5,9-10,15-26H2,(H,37,43)/t30-/m0/s1. The summed E-state index contributed by atoms with van der Waals surface area (Å²) in [5.41, 5.74) is 1.93. The Morgan fingerprint density at radius 1 is 1.02 bits per heavy atom. The van der Waals surface area contributed by atoms with Gasteiger partial charge in [-0.2, -0.15) is 0 Å². The number of hydrogen-bond donors (Lipinski definition) is 4. The van der Waals surface area contributed by atoms with Crippen molar-refractivity contribution >= 4 is 27.5 Å². The van der Waals surface area contributed by atoms with Crippen LogP contribution in [0, 0.1) is 0 Å². The van der Waals surface area contributed by atoms with E-state index in [0.29, 0.717) is 48.6 Å². The molecular weight excluding hydrogens is 604 g/mol. The number of ether oxygens (including phenoxy) is 2. The molecule has 2 aliphatic rings. The van der Waals surface area contributed by atoms with Crippen LogP contribution in [0.4, 0.5) is 0 Å². The largest absolute Gasteiger partial charge is 0.506 e. The number of aromatic nitrogens is 1. The molecule has 3 aromatic rings. The van der Waals surface area contributed by atoms with Crippen molar-refractivity contribution in [3.63, 3.8) is 0 Å². The van der Waals surface area contributed by atoms with E-state index in [1.165, 1.54) is 44.6 Å². The second-order valence-electron chi connectivity index (χ2n) is 12.8. The highest BCUT2D eigenvalue weighted by atomic mass is 32.1. The number of benzene rings is 2. The zero-order valence-corrected chi connectivity index (χ0v) is 27.7. The number of likely N-dealkylation sites (tertiary alicyclic amines) is 1. The minimum atomic E-state index is -0.732. The van der Waals surface area contributed by atoms with Gasteiger partial charge in [0.15, 0.2) is 0 Å². The Hall–Kier alpha value is -2.80. The lowest BCUT2D eigenvalue weighted by Gasteiger charge is -2.47. The molecule has 2 saturated heterocycles. The molecule has 3 heterocycles. The van der Waals surface area contributed by atoms with Crippen LogP contribution in [0.5, 0.6) is 5.75 Å². The monoisotopic (exact) mass is 654 g/mol. The van der Waals surface area contributed by atoms with E-state index in [0.717, 1.165) is 62.3 Å². The van der Waals surface area contributed by atoms with E-state index in [1.54, 1.807) is 6.07 Å². The van der Waals surface area contributed by atoms with Gasteiger partial charge in [-0.3, -0.25) is 9.59 Å². The molecule has 11 heteroatoms. The molecule has 0 unspecified atom stereocenters. The molecule has 1 spiro atoms. The summed E-state index contributed by atoms with van der Waals surface area (Å²) in [6, 6.07) is 13.2. The number of hydrogen-bond acceptors (Lipinski definition) is 9. The number of fused-ring (bicyclic) bond motifs is 1. The van der Waals surface area contributed by atoms with Gasteiger partial charge in [0.1, 0.15) is 17.9 Å². The Balaban J connectivity index is 0.866. The number of rotatable bonds is 17. The van der Waals surface area contributed by atoms with Gasteiger partial charge in [0.25, 0.3) is 0 Å². The minimum Gasteiger partial charge on any atom is -0.506 e. The summed E-state index contributed by atoms with van der Waals surface area (Å²) < 4.78 is 12.6. The smallest absolute Gasteiger partial charge is 0.305 e. The number of carbonyl (C=O) groups is 1. The van der Waals surface area contributed by atoms with Crippen LogP contribution in [-0.4, -0.2) is 95.5 Å². The Morgan fingerprint density at radius 2 is 1.76 bits per heavy atom. The number of aromatic hydroxyl groups is 1. The van der Waals surface area contributed by atoms with Crippen molar-refractivity contribution in [2.24, 2.45) is 0 Å². The highest BCUT2D eigenvalue weighted by Crippen LogP contribution is 2.32. The maximum absolute atomic E-state index is 12.8. The first-order valence-corrected chi connectivity index (χ1v) is 17.7. The minimum absolute atomic E-state index is 0.0237. The quantitative estimate of drug-likeness (QED) is 0.156. The third kappa shape index (κ3) is 9.85. The number of aliphatic hydroxyl groups excluding tert-OH is 1. The maximum atomic E-state index is 12.8. The van der Waals surface area contributed by atoms with Crippen LogP contribution in [-0.2, 0) is 20.9 Å². The molecule has 46 heavy (non-hydrogen) atoms. The van der Waals surface area contributed by atoms with Gasteiger partial charge in [0.05, 0.1) is 29.6 Å². The summed E-state index contributed by atoms with van der Waals surface area (Å²) >= 11 is 1.01. The number of carbonyl (C=O) groups excluding carboxylic acids is 1. The number of phenolic OH excluding ortho intramolecular Hbond substituents is 1. The predicted molar refractivity (Wildman–Crippen MR) is 181 cm³/mol. The first-order chi connectivity index (χ1) is 22.4. The third-order valence-corrected chi connectivity index (χ3v) is 10.2. The van der Waals surface area contributed by atoms with E-state index < -0.39 is 6.10 Å². The van der Waals surface area contributed by atoms with Crippen molar-refractivity contribution in [2.75, 3.05) is 59.0 Å². The molecule has 0 bridgehead atoms. The van der Waals surface area contributed by atoms with Gasteiger partial charge < -0.3 is 39.8 Å².